The molecule has 2 aromatic carbocycles. The number of hydrogen-bond acceptors (Lipinski definition) is 3. The van der Waals surface area contributed by atoms with Gasteiger partial charge < -0.3 is 15.2 Å². The summed E-state index contributed by atoms with van der Waals surface area (Å²) < 4.78 is 5.96. The van der Waals surface area contributed by atoms with Crippen molar-refractivity contribution < 1.29 is 9.84 Å². The average molecular weight is 343 g/mol. The smallest absolute Gasteiger partial charge is 0.124 e. The SMILES string of the molecule is COc1ccc(CNc2cc(Cl)ccc2Br)c(O)c1. The van der Waals surface area contributed by atoms with Gasteiger partial charge in [0.15, 0.2) is 0 Å². The van der Waals surface area contributed by atoms with E-state index in [1.165, 1.54) is 0 Å². The molecule has 2 aromatic rings. The summed E-state index contributed by atoms with van der Waals surface area (Å²) in [4.78, 5) is 0. The molecule has 0 heterocycles. The van der Waals surface area contributed by atoms with Crippen molar-refractivity contribution in [2.45, 2.75) is 6.54 Å². The molecule has 0 aliphatic heterocycles. The lowest BCUT2D eigenvalue weighted by molar-refractivity contribution is 0.406. The first-order valence-corrected chi connectivity index (χ1v) is 6.82. The van der Waals surface area contributed by atoms with Gasteiger partial charge in [0.05, 0.1) is 12.8 Å². The van der Waals surface area contributed by atoms with E-state index in [4.69, 9.17) is 16.3 Å². The summed E-state index contributed by atoms with van der Waals surface area (Å²) in [5.74, 6) is 0.829. The number of benzene rings is 2. The first-order valence-electron chi connectivity index (χ1n) is 5.65. The van der Waals surface area contributed by atoms with Gasteiger partial charge in [0.25, 0.3) is 0 Å². The third-order valence-electron chi connectivity index (χ3n) is 2.69. The minimum absolute atomic E-state index is 0.199. The molecule has 0 saturated heterocycles. The third-order valence-corrected chi connectivity index (χ3v) is 3.62. The van der Waals surface area contributed by atoms with Gasteiger partial charge in [0.1, 0.15) is 11.5 Å². The summed E-state index contributed by atoms with van der Waals surface area (Å²) in [5.41, 5.74) is 1.66. The van der Waals surface area contributed by atoms with E-state index in [2.05, 4.69) is 21.2 Å². The standard InChI is InChI=1S/C14H13BrClNO2/c1-19-11-4-2-9(14(18)7-11)8-17-13-6-10(16)3-5-12(13)15/h2-7,17-18H,8H2,1H3. The number of phenols is 1. The van der Waals surface area contributed by atoms with Crippen molar-refractivity contribution >= 4 is 33.2 Å². The topological polar surface area (TPSA) is 41.5 Å². The van der Waals surface area contributed by atoms with Gasteiger partial charge in [0, 0.05) is 27.7 Å². The van der Waals surface area contributed by atoms with Crippen LogP contribution in [0.5, 0.6) is 11.5 Å². The Kier molecular flexibility index (Phi) is 4.56. The summed E-state index contributed by atoms with van der Waals surface area (Å²) in [6.45, 7) is 0.495. The molecule has 3 nitrogen and oxygen atoms in total. The fourth-order valence-electron chi connectivity index (χ4n) is 1.64. The van der Waals surface area contributed by atoms with Gasteiger partial charge in [-0.2, -0.15) is 0 Å². The molecular weight excluding hydrogens is 330 g/mol. The lowest BCUT2D eigenvalue weighted by Crippen LogP contribution is -2.00. The van der Waals surface area contributed by atoms with Crippen molar-refractivity contribution in [1.82, 2.24) is 0 Å². The number of halogens is 2. The Balaban J connectivity index is 2.12. The van der Waals surface area contributed by atoms with Crippen LogP contribution in [0.1, 0.15) is 5.56 Å². The summed E-state index contributed by atoms with van der Waals surface area (Å²) in [6, 6.07) is 10.7. The maximum atomic E-state index is 9.87. The second-order valence-corrected chi connectivity index (χ2v) is 5.26. The Morgan fingerprint density at radius 3 is 2.74 bits per heavy atom. The molecule has 0 aliphatic carbocycles. The summed E-state index contributed by atoms with van der Waals surface area (Å²) >= 11 is 9.38. The Labute approximate surface area is 125 Å². The third kappa shape index (κ3) is 3.55. The normalized spacial score (nSPS) is 10.3. The molecule has 19 heavy (non-hydrogen) atoms. The molecule has 2 rings (SSSR count). The number of aromatic hydroxyl groups is 1. The molecule has 0 unspecified atom stereocenters. The van der Waals surface area contributed by atoms with E-state index in [-0.39, 0.29) is 5.75 Å². The molecular formula is C14H13BrClNO2. The van der Waals surface area contributed by atoms with E-state index in [1.54, 1.807) is 13.2 Å². The largest absolute Gasteiger partial charge is 0.507 e. The van der Waals surface area contributed by atoms with Crippen molar-refractivity contribution in [3.8, 4) is 11.5 Å². The summed E-state index contributed by atoms with van der Waals surface area (Å²) in [7, 11) is 1.57. The van der Waals surface area contributed by atoms with Gasteiger partial charge in [-0.1, -0.05) is 11.6 Å². The van der Waals surface area contributed by atoms with E-state index in [0.717, 1.165) is 15.7 Å². The van der Waals surface area contributed by atoms with Crippen LogP contribution < -0.4 is 10.1 Å². The Morgan fingerprint density at radius 2 is 2.05 bits per heavy atom. The van der Waals surface area contributed by atoms with E-state index in [0.29, 0.717) is 17.3 Å². The van der Waals surface area contributed by atoms with Crippen LogP contribution in [-0.2, 0) is 6.54 Å². The van der Waals surface area contributed by atoms with E-state index in [1.807, 2.05) is 30.3 Å². The fourth-order valence-corrected chi connectivity index (χ4v) is 2.20. The molecule has 0 fully saturated rings. The Hall–Kier alpha value is -1.39. The number of hydrogen-bond donors (Lipinski definition) is 2. The minimum atomic E-state index is 0.199. The summed E-state index contributed by atoms with van der Waals surface area (Å²) in [5, 5.41) is 13.7. The van der Waals surface area contributed by atoms with E-state index >= 15 is 0 Å². The second-order valence-electron chi connectivity index (χ2n) is 3.97. The van der Waals surface area contributed by atoms with Gasteiger partial charge in [-0.15, -0.1) is 0 Å². The molecule has 0 saturated carbocycles. The molecule has 0 spiro atoms. The van der Waals surface area contributed by atoms with Crippen LogP contribution in [0, 0.1) is 0 Å². The monoisotopic (exact) mass is 341 g/mol. The maximum absolute atomic E-state index is 9.87. The highest BCUT2D eigenvalue weighted by Gasteiger charge is 2.05. The van der Waals surface area contributed by atoms with Crippen LogP contribution in [0.3, 0.4) is 0 Å². The number of ether oxygens (including phenoxy) is 1. The Morgan fingerprint density at radius 1 is 1.26 bits per heavy atom. The van der Waals surface area contributed by atoms with Crippen molar-refractivity contribution in [1.29, 1.82) is 0 Å². The number of methoxy groups -OCH3 is 1. The molecule has 0 aliphatic rings. The highest BCUT2D eigenvalue weighted by molar-refractivity contribution is 9.10. The fraction of sp³-hybridized carbons (Fsp3) is 0.143. The number of anilines is 1. The lowest BCUT2D eigenvalue weighted by atomic mass is 10.2. The molecule has 2 N–H and O–H groups in total. The zero-order valence-corrected chi connectivity index (χ0v) is 12.6. The zero-order chi connectivity index (χ0) is 13.8. The van der Waals surface area contributed by atoms with Crippen molar-refractivity contribution in [3.63, 3.8) is 0 Å². The maximum Gasteiger partial charge on any atom is 0.124 e. The van der Waals surface area contributed by atoms with Gasteiger partial charge in [-0.3, -0.25) is 0 Å². The van der Waals surface area contributed by atoms with Gasteiger partial charge in [-0.05, 0) is 46.3 Å². The first-order chi connectivity index (χ1) is 9.10. The van der Waals surface area contributed by atoms with Crippen LogP contribution in [0.2, 0.25) is 5.02 Å². The molecule has 0 amide bonds. The Bertz CT molecular complexity index is 590. The number of nitrogens with one attached hydrogen (secondary N) is 1. The minimum Gasteiger partial charge on any atom is -0.507 e. The molecule has 0 bridgehead atoms. The van der Waals surface area contributed by atoms with Crippen LogP contribution in [-0.4, -0.2) is 12.2 Å². The number of phenolic OH excluding ortho intramolecular Hbond substituents is 1. The van der Waals surface area contributed by atoms with Crippen LogP contribution in [0.15, 0.2) is 40.9 Å². The van der Waals surface area contributed by atoms with Crippen molar-refractivity contribution in [2.24, 2.45) is 0 Å². The van der Waals surface area contributed by atoms with Crippen LogP contribution >= 0.6 is 27.5 Å². The lowest BCUT2D eigenvalue weighted by Gasteiger charge is -2.11. The second kappa shape index (κ2) is 6.17. The first kappa shape index (κ1) is 14.0. The molecule has 0 radical (unpaired) electrons. The van der Waals surface area contributed by atoms with Crippen LogP contribution in [0.25, 0.3) is 0 Å². The molecule has 0 atom stereocenters. The van der Waals surface area contributed by atoms with Gasteiger partial charge in [0.2, 0.25) is 0 Å². The highest BCUT2D eigenvalue weighted by atomic mass is 79.9. The quantitative estimate of drug-likeness (QED) is 0.863. The van der Waals surface area contributed by atoms with Gasteiger partial charge >= 0.3 is 0 Å². The highest BCUT2D eigenvalue weighted by Crippen LogP contribution is 2.28. The predicted octanol–water partition coefficient (Wildman–Crippen LogP) is 4.43. The van der Waals surface area contributed by atoms with Crippen molar-refractivity contribution in [2.75, 3.05) is 12.4 Å². The molecule has 100 valence electrons. The van der Waals surface area contributed by atoms with E-state index in [9.17, 15) is 5.11 Å². The van der Waals surface area contributed by atoms with Crippen molar-refractivity contribution in [3.05, 3.63) is 51.5 Å². The average Bonchev–Trinajstić information content (AvgIpc) is 2.40. The van der Waals surface area contributed by atoms with Crippen LogP contribution in [0.4, 0.5) is 5.69 Å². The van der Waals surface area contributed by atoms with E-state index < -0.39 is 0 Å². The molecule has 5 heteroatoms. The zero-order valence-electron chi connectivity index (χ0n) is 10.3. The summed E-state index contributed by atoms with van der Waals surface area (Å²) in [6.07, 6.45) is 0. The molecule has 0 aromatic heterocycles. The number of rotatable bonds is 4. The predicted molar refractivity (Wildman–Crippen MR) is 81.1 cm³/mol. The van der Waals surface area contributed by atoms with Gasteiger partial charge in [-0.25, -0.2) is 0 Å².